The van der Waals surface area contributed by atoms with Crippen molar-refractivity contribution in [3.05, 3.63) is 0 Å². The van der Waals surface area contributed by atoms with E-state index in [-0.39, 0.29) is 29.8 Å². The summed E-state index contributed by atoms with van der Waals surface area (Å²) in [5.41, 5.74) is -0.0189. The summed E-state index contributed by atoms with van der Waals surface area (Å²) in [6, 6.07) is 0. The number of amides is 2. The molecule has 2 unspecified atom stereocenters. The number of rotatable bonds is 3. The molecular weight excluding hydrogens is 266 g/mol. The van der Waals surface area contributed by atoms with Crippen LogP contribution in [0.2, 0.25) is 0 Å². The number of likely N-dealkylation sites (tertiary alicyclic amines) is 1. The molecule has 0 radical (unpaired) electrons. The zero-order valence-electron chi connectivity index (χ0n) is 12.9. The molecule has 2 amide bonds. The summed E-state index contributed by atoms with van der Waals surface area (Å²) < 4.78 is 0. The molecule has 1 N–H and O–H groups in total. The van der Waals surface area contributed by atoms with E-state index in [9.17, 15) is 14.7 Å². The minimum absolute atomic E-state index is 0.0189. The lowest BCUT2D eigenvalue weighted by atomic mass is 9.67. The summed E-state index contributed by atoms with van der Waals surface area (Å²) in [5, 5.41) is 9.41. The lowest BCUT2D eigenvalue weighted by molar-refractivity contribution is -0.155. The fourth-order valence-corrected chi connectivity index (χ4v) is 4.72. The molecule has 1 heterocycles. The summed E-state index contributed by atoms with van der Waals surface area (Å²) in [4.78, 5) is 26.5. The molecule has 2 aliphatic carbocycles. The van der Waals surface area contributed by atoms with Crippen molar-refractivity contribution in [2.75, 3.05) is 13.2 Å². The van der Waals surface area contributed by atoms with Crippen LogP contribution in [-0.4, -0.2) is 35.0 Å². The van der Waals surface area contributed by atoms with Crippen molar-refractivity contribution >= 4 is 11.8 Å². The largest absolute Gasteiger partial charge is 0.396 e. The molecule has 0 aromatic heterocycles. The monoisotopic (exact) mass is 293 g/mol. The van der Waals surface area contributed by atoms with Crippen LogP contribution < -0.4 is 0 Å². The van der Waals surface area contributed by atoms with Crippen LogP contribution in [0.4, 0.5) is 0 Å². The number of nitrogens with zero attached hydrogens (tertiary/aromatic N) is 1. The van der Waals surface area contributed by atoms with Gasteiger partial charge in [0.15, 0.2) is 0 Å². The lowest BCUT2D eigenvalue weighted by Gasteiger charge is -2.43. The van der Waals surface area contributed by atoms with Crippen LogP contribution in [0, 0.1) is 17.3 Å². The molecule has 1 aliphatic heterocycles. The van der Waals surface area contributed by atoms with Crippen LogP contribution in [0.5, 0.6) is 0 Å². The Hall–Kier alpha value is -0.900. The molecule has 3 rings (SSSR count). The Labute approximate surface area is 126 Å². The molecule has 1 spiro atoms. The molecule has 3 fully saturated rings. The molecule has 2 atom stereocenters. The average molecular weight is 293 g/mol. The van der Waals surface area contributed by atoms with Gasteiger partial charge < -0.3 is 5.11 Å². The van der Waals surface area contributed by atoms with Crippen molar-refractivity contribution in [3.8, 4) is 0 Å². The van der Waals surface area contributed by atoms with Gasteiger partial charge in [-0.05, 0) is 42.9 Å². The zero-order chi connectivity index (χ0) is 14.9. The maximum Gasteiger partial charge on any atom is 0.229 e. The van der Waals surface area contributed by atoms with Gasteiger partial charge in [-0.3, -0.25) is 14.5 Å². The quantitative estimate of drug-likeness (QED) is 0.813. The molecule has 0 aromatic rings. The summed E-state index contributed by atoms with van der Waals surface area (Å²) >= 11 is 0. The van der Waals surface area contributed by atoms with E-state index in [2.05, 4.69) is 0 Å². The van der Waals surface area contributed by atoms with Crippen molar-refractivity contribution in [2.24, 2.45) is 17.3 Å². The highest BCUT2D eigenvalue weighted by atomic mass is 16.3. The van der Waals surface area contributed by atoms with Crippen LogP contribution in [0.3, 0.4) is 0 Å². The molecule has 3 aliphatic rings. The molecule has 21 heavy (non-hydrogen) atoms. The average Bonchev–Trinajstić information content (AvgIpc) is 2.91. The van der Waals surface area contributed by atoms with Gasteiger partial charge in [-0.2, -0.15) is 0 Å². The predicted molar refractivity (Wildman–Crippen MR) is 79.4 cm³/mol. The van der Waals surface area contributed by atoms with E-state index in [0.29, 0.717) is 25.3 Å². The minimum atomic E-state index is -0.0189. The first-order valence-electron chi connectivity index (χ1n) is 8.58. The lowest BCUT2D eigenvalue weighted by Crippen LogP contribution is -2.50. The molecule has 0 aromatic carbocycles. The highest BCUT2D eigenvalue weighted by Crippen LogP contribution is 2.45. The predicted octanol–water partition coefficient (Wildman–Crippen LogP) is 2.49. The zero-order valence-corrected chi connectivity index (χ0v) is 12.9. The Balaban J connectivity index is 1.65. The van der Waals surface area contributed by atoms with Gasteiger partial charge >= 0.3 is 0 Å². The number of hydrogen-bond donors (Lipinski definition) is 1. The van der Waals surface area contributed by atoms with Crippen LogP contribution >= 0.6 is 0 Å². The number of aliphatic hydroxyl groups is 1. The van der Waals surface area contributed by atoms with Crippen molar-refractivity contribution in [1.29, 1.82) is 0 Å². The van der Waals surface area contributed by atoms with Crippen LogP contribution in [0.15, 0.2) is 0 Å². The third kappa shape index (κ3) is 3.01. The first-order valence-corrected chi connectivity index (χ1v) is 8.58. The molecule has 4 nitrogen and oxygen atoms in total. The smallest absolute Gasteiger partial charge is 0.229 e. The maximum absolute atomic E-state index is 12.5. The molecule has 1 saturated heterocycles. The summed E-state index contributed by atoms with van der Waals surface area (Å²) in [7, 11) is 0. The van der Waals surface area contributed by atoms with Gasteiger partial charge in [0.25, 0.3) is 0 Å². The second-order valence-electron chi connectivity index (χ2n) is 7.45. The van der Waals surface area contributed by atoms with Gasteiger partial charge in [0, 0.05) is 26.0 Å². The van der Waals surface area contributed by atoms with Crippen molar-refractivity contribution in [3.63, 3.8) is 0 Å². The fraction of sp³-hybridized carbons (Fsp3) is 0.882. The number of carbonyl (C=O) groups is 2. The van der Waals surface area contributed by atoms with Gasteiger partial charge in [0.2, 0.25) is 11.8 Å². The highest BCUT2D eigenvalue weighted by Gasteiger charge is 2.45. The second-order valence-corrected chi connectivity index (χ2v) is 7.45. The van der Waals surface area contributed by atoms with Gasteiger partial charge in [-0.15, -0.1) is 0 Å². The molecule has 0 bridgehead atoms. The second kappa shape index (κ2) is 6.07. The summed E-state index contributed by atoms with van der Waals surface area (Å²) in [5.74, 6) is 0.660. The third-order valence-electron chi connectivity index (χ3n) is 6.04. The van der Waals surface area contributed by atoms with Gasteiger partial charge in [-0.1, -0.05) is 25.7 Å². The van der Waals surface area contributed by atoms with E-state index in [0.717, 1.165) is 44.9 Å². The fourth-order valence-electron chi connectivity index (χ4n) is 4.72. The molecule has 2 saturated carbocycles. The van der Waals surface area contributed by atoms with E-state index in [1.54, 1.807) is 0 Å². The molecule has 4 heteroatoms. The number of carbonyl (C=O) groups excluding carboxylic acids is 2. The Morgan fingerprint density at radius 3 is 2.19 bits per heavy atom. The van der Waals surface area contributed by atoms with Crippen molar-refractivity contribution < 1.29 is 14.7 Å². The van der Waals surface area contributed by atoms with Crippen LogP contribution in [0.25, 0.3) is 0 Å². The minimum Gasteiger partial charge on any atom is -0.396 e. The van der Waals surface area contributed by atoms with Gasteiger partial charge in [0.1, 0.15) is 0 Å². The molecule has 118 valence electrons. The van der Waals surface area contributed by atoms with Crippen molar-refractivity contribution in [1.82, 2.24) is 4.90 Å². The highest BCUT2D eigenvalue weighted by molar-refractivity contribution is 5.98. The maximum atomic E-state index is 12.5. The normalized spacial score (nSPS) is 32.9. The van der Waals surface area contributed by atoms with E-state index in [1.165, 1.54) is 11.3 Å². The van der Waals surface area contributed by atoms with Crippen molar-refractivity contribution in [2.45, 2.75) is 64.2 Å². The summed E-state index contributed by atoms with van der Waals surface area (Å²) in [6.07, 6.45) is 9.96. The first kappa shape index (κ1) is 15.0. The number of piperidine rings is 1. The number of hydrogen-bond acceptors (Lipinski definition) is 3. The van der Waals surface area contributed by atoms with E-state index in [4.69, 9.17) is 0 Å². The number of imide groups is 1. The third-order valence-corrected chi connectivity index (χ3v) is 6.04. The number of aliphatic hydroxyl groups excluding tert-OH is 1. The van der Waals surface area contributed by atoms with E-state index < -0.39 is 0 Å². The standard InChI is InChI=1S/C17H27NO3/c19-12-14-6-4-5-13(14)11-18-15(20)9-17(10-16(18)21)7-2-1-3-8-17/h13-14,19H,1-12H2. The Bertz CT molecular complexity index is 394. The topological polar surface area (TPSA) is 57.6 Å². The Morgan fingerprint density at radius 2 is 1.57 bits per heavy atom. The molecular formula is C17H27NO3. The summed E-state index contributed by atoms with van der Waals surface area (Å²) in [6.45, 7) is 0.726. The van der Waals surface area contributed by atoms with Crippen LogP contribution in [-0.2, 0) is 9.59 Å². The first-order chi connectivity index (χ1) is 10.1. The van der Waals surface area contributed by atoms with Gasteiger partial charge in [-0.25, -0.2) is 0 Å². The Morgan fingerprint density at radius 1 is 0.952 bits per heavy atom. The Kier molecular flexibility index (Phi) is 4.34. The van der Waals surface area contributed by atoms with Gasteiger partial charge in [0.05, 0.1) is 0 Å². The van der Waals surface area contributed by atoms with E-state index >= 15 is 0 Å². The van der Waals surface area contributed by atoms with E-state index in [1.807, 2.05) is 0 Å². The van der Waals surface area contributed by atoms with Crippen LogP contribution in [0.1, 0.15) is 64.2 Å². The SMILES string of the molecule is O=C1CC2(CCCCC2)CC(=O)N1CC1CCCC1CO.